The minimum absolute atomic E-state index is 0.121. The van der Waals surface area contributed by atoms with Crippen LogP contribution < -0.4 is 5.56 Å². The molecule has 0 saturated carbocycles. The predicted molar refractivity (Wildman–Crippen MR) is 95.4 cm³/mol. The average Bonchev–Trinajstić information content (AvgIpc) is 2.57. The molecule has 0 amide bonds. The van der Waals surface area contributed by atoms with Crippen molar-refractivity contribution in [1.82, 2.24) is 14.9 Å². The number of rotatable bonds is 7. The highest BCUT2D eigenvalue weighted by Crippen LogP contribution is 2.22. The van der Waals surface area contributed by atoms with E-state index in [9.17, 15) is 9.18 Å². The van der Waals surface area contributed by atoms with Crippen LogP contribution in [0.25, 0.3) is 11.4 Å². The first-order valence-electron chi connectivity index (χ1n) is 8.56. The molecule has 24 heavy (non-hydrogen) atoms. The fourth-order valence-electron chi connectivity index (χ4n) is 2.99. The number of aromatic amines is 1. The number of hydrogen-bond donors (Lipinski definition) is 1. The molecule has 2 rings (SSSR count). The van der Waals surface area contributed by atoms with E-state index in [-0.39, 0.29) is 5.69 Å². The molecule has 1 heterocycles. The van der Waals surface area contributed by atoms with Gasteiger partial charge in [-0.3, -0.25) is 9.69 Å². The lowest BCUT2D eigenvalue weighted by molar-refractivity contribution is 0.200. The van der Waals surface area contributed by atoms with Gasteiger partial charge in [0, 0.05) is 18.2 Å². The number of aromatic nitrogens is 2. The van der Waals surface area contributed by atoms with Crippen molar-refractivity contribution in [2.45, 2.75) is 53.1 Å². The van der Waals surface area contributed by atoms with Crippen LogP contribution in [0, 0.1) is 12.7 Å². The summed E-state index contributed by atoms with van der Waals surface area (Å²) in [6.45, 7) is 9.80. The van der Waals surface area contributed by atoms with Crippen LogP contribution in [-0.2, 0) is 6.54 Å². The highest BCUT2D eigenvalue weighted by atomic mass is 19.1. The first-order chi connectivity index (χ1) is 11.5. The third-order valence-electron chi connectivity index (χ3n) is 4.41. The van der Waals surface area contributed by atoms with E-state index in [1.807, 2.05) is 24.3 Å². The summed E-state index contributed by atoms with van der Waals surface area (Å²) in [7, 11) is 0. The second-order valence-corrected chi connectivity index (χ2v) is 6.17. The Labute approximate surface area is 142 Å². The largest absolute Gasteiger partial charge is 0.304 e. The molecule has 2 aromatic rings. The molecule has 130 valence electrons. The van der Waals surface area contributed by atoms with Gasteiger partial charge in [-0.25, -0.2) is 4.98 Å². The first-order valence-corrected chi connectivity index (χ1v) is 8.56. The smallest absolute Gasteiger partial charge is 0.287 e. The second-order valence-electron chi connectivity index (χ2n) is 6.17. The van der Waals surface area contributed by atoms with Crippen molar-refractivity contribution in [3.63, 3.8) is 0 Å². The number of benzene rings is 1. The lowest BCUT2D eigenvalue weighted by atomic mass is 10.0. The van der Waals surface area contributed by atoms with Crippen LogP contribution in [0.5, 0.6) is 0 Å². The van der Waals surface area contributed by atoms with E-state index >= 15 is 0 Å². The van der Waals surface area contributed by atoms with Gasteiger partial charge in [-0.15, -0.1) is 0 Å². The highest BCUT2D eigenvalue weighted by molar-refractivity contribution is 5.60. The van der Waals surface area contributed by atoms with Gasteiger partial charge in [0.1, 0.15) is 5.82 Å². The van der Waals surface area contributed by atoms with Crippen LogP contribution in [0.1, 0.15) is 44.9 Å². The molecule has 1 atom stereocenters. The molecule has 0 aliphatic carbocycles. The van der Waals surface area contributed by atoms with Gasteiger partial charge < -0.3 is 4.98 Å². The molecule has 0 radical (unpaired) electrons. The topological polar surface area (TPSA) is 49.0 Å². The zero-order chi connectivity index (χ0) is 17.7. The number of hydrogen-bond acceptors (Lipinski definition) is 3. The van der Waals surface area contributed by atoms with Crippen molar-refractivity contribution in [1.29, 1.82) is 0 Å². The molecule has 1 N–H and O–H groups in total. The molecule has 1 aromatic carbocycles. The quantitative estimate of drug-likeness (QED) is 0.837. The molecular weight excluding hydrogens is 305 g/mol. The van der Waals surface area contributed by atoms with Crippen molar-refractivity contribution in [2.75, 3.05) is 6.54 Å². The second kappa shape index (κ2) is 8.20. The van der Waals surface area contributed by atoms with Crippen LogP contribution in [0.15, 0.2) is 29.1 Å². The van der Waals surface area contributed by atoms with Crippen LogP contribution >= 0.6 is 0 Å². The Kier molecular flexibility index (Phi) is 6.26. The van der Waals surface area contributed by atoms with Crippen molar-refractivity contribution in [3.05, 3.63) is 51.7 Å². The fraction of sp³-hybridized carbons (Fsp3) is 0.474. The predicted octanol–water partition coefficient (Wildman–Crippen LogP) is 3.89. The van der Waals surface area contributed by atoms with Crippen molar-refractivity contribution < 1.29 is 4.39 Å². The Morgan fingerprint density at radius 2 is 2.00 bits per heavy atom. The lowest BCUT2D eigenvalue weighted by Crippen LogP contribution is -2.32. The van der Waals surface area contributed by atoms with Gasteiger partial charge in [0.2, 0.25) is 5.82 Å². The summed E-state index contributed by atoms with van der Waals surface area (Å²) in [6, 6.07) is 8.32. The molecule has 0 spiro atoms. The Bertz CT molecular complexity index is 742. The molecule has 0 aliphatic rings. The van der Waals surface area contributed by atoms with Gasteiger partial charge >= 0.3 is 0 Å². The minimum atomic E-state index is -0.817. The summed E-state index contributed by atoms with van der Waals surface area (Å²) in [5.74, 6) is -0.392. The Morgan fingerprint density at radius 1 is 1.29 bits per heavy atom. The summed E-state index contributed by atoms with van der Waals surface area (Å²) >= 11 is 0. The molecular formula is C19H26FN3O. The lowest BCUT2D eigenvalue weighted by Gasteiger charge is -2.28. The third kappa shape index (κ3) is 4.09. The molecule has 0 saturated heterocycles. The van der Waals surface area contributed by atoms with E-state index in [4.69, 9.17) is 0 Å². The van der Waals surface area contributed by atoms with Gasteiger partial charge in [0.15, 0.2) is 0 Å². The molecule has 1 aromatic heterocycles. The molecule has 0 bridgehead atoms. The average molecular weight is 331 g/mol. The molecule has 0 fully saturated rings. The molecule has 5 heteroatoms. The van der Waals surface area contributed by atoms with E-state index in [1.54, 1.807) is 0 Å². The summed E-state index contributed by atoms with van der Waals surface area (Å²) < 4.78 is 13.6. The minimum Gasteiger partial charge on any atom is -0.304 e. The zero-order valence-corrected chi connectivity index (χ0v) is 14.9. The maximum atomic E-state index is 13.6. The first kappa shape index (κ1) is 18.3. The maximum Gasteiger partial charge on any atom is 0.287 e. The number of nitrogens with one attached hydrogen (secondary N) is 1. The van der Waals surface area contributed by atoms with E-state index in [1.165, 1.54) is 6.92 Å². The summed E-state index contributed by atoms with van der Waals surface area (Å²) in [5.41, 5.74) is 1.32. The van der Waals surface area contributed by atoms with Crippen LogP contribution in [0.2, 0.25) is 0 Å². The van der Waals surface area contributed by atoms with Crippen LogP contribution in [0.3, 0.4) is 0 Å². The third-order valence-corrected chi connectivity index (χ3v) is 4.41. The Balaban J connectivity index is 2.39. The number of halogens is 1. The molecule has 0 aliphatic heterocycles. The summed E-state index contributed by atoms with van der Waals surface area (Å²) in [6.07, 6.45) is 2.28. The maximum absolute atomic E-state index is 13.6. The van der Waals surface area contributed by atoms with Crippen LogP contribution in [-0.4, -0.2) is 27.5 Å². The van der Waals surface area contributed by atoms with Gasteiger partial charge in [0.05, 0.1) is 5.69 Å². The number of H-pyrrole nitrogens is 1. The van der Waals surface area contributed by atoms with E-state index in [0.717, 1.165) is 37.1 Å². The summed E-state index contributed by atoms with van der Waals surface area (Å²) in [4.78, 5) is 20.9. The van der Waals surface area contributed by atoms with Gasteiger partial charge in [-0.05, 0) is 32.4 Å². The van der Waals surface area contributed by atoms with Crippen molar-refractivity contribution in [3.8, 4) is 11.4 Å². The Morgan fingerprint density at radius 3 is 2.62 bits per heavy atom. The van der Waals surface area contributed by atoms with Crippen molar-refractivity contribution in [2.24, 2.45) is 0 Å². The summed E-state index contributed by atoms with van der Waals surface area (Å²) in [5, 5.41) is 0. The number of nitrogens with zero attached hydrogens (tertiary/aromatic N) is 2. The standard InChI is InChI=1S/C19H26FN3O/c1-5-9-13(3)23(6-2)12-15-10-7-8-11-16(15)18-21-14(4)17(20)19(24)22-18/h7-8,10-11,13H,5-6,9,12H2,1-4H3,(H,21,22,24). The van der Waals surface area contributed by atoms with Gasteiger partial charge in [-0.2, -0.15) is 4.39 Å². The molecule has 4 nitrogen and oxygen atoms in total. The van der Waals surface area contributed by atoms with E-state index in [2.05, 4.69) is 35.6 Å². The monoisotopic (exact) mass is 331 g/mol. The number of aryl methyl sites for hydroxylation is 1. The van der Waals surface area contributed by atoms with Crippen LogP contribution in [0.4, 0.5) is 4.39 Å². The molecule has 1 unspecified atom stereocenters. The van der Waals surface area contributed by atoms with E-state index in [0.29, 0.717) is 11.9 Å². The normalized spacial score (nSPS) is 12.6. The SMILES string of the molecule is CCCC(C)N(CC)Cc1ccccc1-c1nc(C)c(F)c(=O)[nH]1. The van der Waals surface area contributed by atoms with Crippen molar-refractivity contribution >= 4 is 0 Å². The highest BCUT2D eigenvalue weighted by Gasteiger charge is 2.16. The van der Waals surface area contributed by atoms with Gasteiger partial charge in [-0.1, -0.05) is 44.5 Å². The van der Waals surface area contributed by atoms with Gasteiger partial charge in [0.25, 0.3) is 5.56 Å². The Hall–Kier alpha value is -2.01. The fourth-order valence-corrected chi connectivity index (χ4v) is 2.99. The van der Waals surface area contributed by atoms with E-state index < -0.39 is 11.4 Å². The zero-order valence-electron chi connectivity index (χ0n) is 14.9.